The number of aromatic nitrogens is 1. The van der Waals surface area contributed by atoms with Gasteiger partial charge in [0.25, 0.3) is 5.91 Å². The van der Waals surface area contributed by atoms with Crippen LogP contribution in [-0.2, 0) is 4.74 Å². The maximum absolute atomic E-state index is 12.9. The smallest absolute Gasteiger partial charge is 0.410 e. The number of pyridine rings is 1. The first-order valence-corrected chi connectivity index (χ1v) is 11.3. The predicted molar refractivity (Wildman–Crippen MR) is 127 cm³/mol. The molecule has 2 aromatic rings. The van der Waals surface area contributed by atoms with E-state index in [2.05, 4.69) is 22.2 Å². The van der Waals surface area contributed by atoms with E-state index in [1.165, 1.54) is 0 Å². The SMILES string of the molecule is C=CCOC(=O)N1CC[C@H]2C(c3ccccn3)Nc3ccc(C(=O)NCCN(C)C)cc3[C@H]21. The van der Waals surface area contributed by atoms with Crippen LogP contribution in [0.2, 0.25) is 0 Å². The number of amides is 2. The van der Waals surface area contributed by atoms with Crippen molar-refractivity contribution in [2.24, 2.45) is 5.92 Å². The van der Waals surface area contributed by atoms with Crippen molar-refractivity contribution in [3.63, 3.8) is 0 Å². The Kier molecular flexibility index (Phi) is 6.93. The van der Waals surface area contributed by atoms with Crippen molar-refractivity contribution in [3.8, 4) is 0 Å². The number of anilines is 1. The first-order valence-electron chi connectivity index (χ1n) is 11.3. The highest BCUT2D eigenvalue weighted by molar-refractivity contribution is 5.95. The number of benzene rings is 1. The van der Waals surface area contributed by atoms with E-state index in [0.29, 0.717) is 18.7 Å². The number of nitrogens with one attached hydrogen (secondary N) is 2. The molecule has 3 heterocycles. The first-order chi connectivity index (χ1) is 16.0. The van der Waals surface area contributed by atoms with Crippen molar-refractivity contribution in [1.82, 2.24) is 20.1 Å². The summed E-state index contributed by atoms with van der Waals surface area (Å²) in [6.07, 6.45) is 3.79. The molecule has 1 aromatic heterocycles. The Bertz CT molecular complexity index is 1010. The summed E-state index contributed by atoms with van der Waals surface area (Å²) in [5.41, 5.74) is 3.35. The van der Waals surface area contributed by atoms with E-state index < -0.39 is 0 Å². The number of carbonyl (C=O) groups excluding carboxylic acids is 2. The second kappa shape index (κ2) is 10.0. The van der Waals surface area contributed by atoms with E-state index in [0.717, 1.165) is 29.9 Å². The molecule has 2 aliphatic heterocycles. The number of hydrogen-bond donors (Lipinski definition) is 2. The largest absolute Gasteiger partial charge is 0.445 e. The average molecular weight is 450 g/mol. The van der Waals surface area contributed by atoms with Gasteiger partial charge >= 0.3 is 6.09 Å². The number of likely N-dealkylation sites (N-methyl/N-ethyl adjacent to an activating group) is 1. The molecule has 174 valence electrons. The second-order valence-electron chi connectivity index (χ2n) is 8.69. The molecule has 8 heteroatoms. The molecule has 1 fully saturated rings. The Morgan fingerprint density at radius 3 is 2.91 bits per heavy atom. The fraction of sp³-hybridized carbons (Fsp3) is 0.400. The summed E-state index contributed by atoms with van der Waals surface area (Å²) >= 11 is 0. The summed E-state index contributed by atoms with van der Waals surface area (Å²) in [6, 6.07) is 11.3. The van der Waals surface area contributed by atoms with Gasteiger partial charge in [0.05, 0.1) is 17.8 Å². The van der Waals surface area contributed by atoms with Crippen molar-refractivity contribution in [3.05, 3.63) is 72.1 Å². The zero-order valence-electron chi connectivity index (χ0n) is 19.2. The minimum Gasteiger partial charge on any atom is -0.445 e. The Balaban J connectivity index is 1.66. The molecule has 8 nitrogen and oxygen atoms in total. The Morgan fingerprint density at radius 2 is 2.18 bits per heavy atom. The standard InChI is InChI=1S/C25H31N5O3/c1-4-15-33-25(32)30-13-10-18-22(21-7-5-6-11-26-21)28-20-9-8-17(16-19(20)23(18)30)24(31)27-12-14-29(2)3/h4-9,11,16,18,22-23,28H,1,10,12-15H2,2-3H3,(H,27,31)/t18-,22?,23-/m0/s1. The molecular weight excluding hydrogens is 418 g/mol. The van der Waals surface area contributed by atoms with Gasteiger partial charge in [-0.25, -0.2) is 4.79 Å². The van der Waals surface area contributed by atoms with Gasteiger partial charge in [-0.05, 0) is 56.4 Å². The quantitative estimate of drug-likeness (QED) is 0.631. The lowest BCUT2D eigenvalue weighted by molar-refractivity contribution is 0.0950. The highest BCUT2D eigenvalue weighted by Gasteiger charge is 2.47. The molecule has 2 N–H and O–H groups in total. The first kappa shape index (κ1) is 22.8. The van der Waals surface area contributed by atoms with Crippen molar-refractivity contribution < 1.29 is 14.3 Å². The monoisotopic (exact) mass is 449 g/mol. The molecule has 1 unspecified atom stereocenters. The lowest BCUT2D eigenvalue weighted by Gasteiger charge is -2.39. The minimum atomic E-state index is -0.365. The van der Waals surface area contributed by atoms with Crippen LogP contribution in [0.25, 0.3) is 0 Å². The van der Waals surface area contributed by atoms with Gasteiger partial charge in [0, 0.05) is 43.0 Å². The predicted octanol–water partition coefficient (Wildman–Crippen LogP) is 3.23. The Morgan fingerprint density at radius 1 is 1.33 bits per heavy atom. The van der Waals surface area contributed by atoms with E-state index in [4.69, 9.17) is 4.74 Å². The van der Waals surface area contributed by atoms with Gasteiger partial charge in [0.1, 0.15) is 6.61 Å². The third-order valence-electron chi connectivity index (χ3n) is 6.23. The Labute approximate surface area is 194 Å². The van der Waals surface area contributed by atoms with Crippen LogP contribution in [0, 0.1) is 5.92 Å². The third kappa shape index (κ3) is 4.85. The lowest BCUT2D eigenvalue weighted by atomic mass is 9.81. The summed E-state index contributed by atoms with van der Waals surface area (Å²) in [5, 5.41) is 6.58. The number of rotatable bonds is 7. The number of hydrogen-bond acceptors (Lipinski definition) is 6. The molecule has 0 bridgehead atoms. The maximum Gasteiger partial charge on any atom is 0.410 e. The summed E-state index contributed by atoms with van der Waals surface area (Å²) in [5.74, 6) is -0.0161. The lowest BCUT2D eigenvalue weighted by Crippen LogP contribution is -2.38. The number of ether oxygens (including phenoxy) is 1. The highest BCUT2D eigenvalue weighted by atomic mass is 16.6. The summed E-state index contributed by atoms with van der Waals surface area (Å²) in [6.45, 7) is 5.70. The number of likely N-dealkylation sites (tertiary alicyclic amines) is 1. The van der Waals surface area contributed by atoms with Gasteiger partial charge in [0.15, 0.2) is 0 Å². The molecule has 0 radical (unpaired) electrons. The average Bonchev–Trinajstić information content (AvgIpc) is 3.27. The van der Waals surface area contributed by atoms with Crippen LogP contribution in [0.15, 0.2) is 55.3 Å². The van der Waals surface area contributed by atoms with Crippen LogP contribution < -0.4 is 10.6 Å². The van der Waals surface area contributed by atoms with Crippen LogP contribution in [-0.4, -0.2) is 67.1 Å². The third-order valence-corrected chi connectivity index (χ3v) is 6.23. The summed E-state index contributed by atoms with van der Waals surface area (Å²) in [7, 11) is 3.93. The number of fused-ring (bicyclic) bond motifs is 3. The normalized spacial score (nSPS) is 21.1. The highest BCUT2D eigenvalue weighted by Crippen LogP contribution is 2.51. The van der Waals surface area contributed by atoms with Crippen molar-refractivity contribution in [2.75, 3.05) is 45.7 Å². The molecule has 1 aromatic carbocycles. The van der Waals surface area contributed by atoms with Gasteiger partial charge in [-0.3, -0.25) is 9.78 Å². The fourth-order valence-corrected chi connectivity index (χ4v) is 4.68. The molecular formula is C25H31N5O3. The molecule has 1 saturated heterocycles. The molecule has 0 saturated carbocycles. The van der Waals surface area contributed by atoms with Crippen LogP contribution >= 0.6 is 0 Å². The minimum absolute atomic E-state index is 0.0410. The van der Waals surface area contributed by atoms with Crippen LogP contribution in [0.5, 0.6) is 0 Å². The van der Waals surface area contributed by atoms with Crippen molar-refractivity contribution in [1.29, 1.82) is 0 Å². The summed E-state index contributed by atoms with van der Waals surface area (Å²) < 4.78 is 5.38. The molecule has 0 aliphatic carbocycles. The molecule has 2 amide bonds. The Hall–Kier alpha value is -3.39. The molecule has 0 spiro atoms. The molecule has 2 aliphatic rings. The van der Waals surface area contributed by atoms with E-state index in [1.807, 2.05) is 55.4 Å². The van der Waals surface area contributed by atoms with E-state index in [-0.39, 0.29) is 36.6 Å². The van der Waals surface area contributed by atoms with Crippen LogP contribution in [0.4, 0.5) is 10.5 Å². The van der Waals surface area contributed by atoms with Gasteiger partial charge in [-0.1, -0.05) is 18.7 Å². The maximum atomic E-state index is 12.9. The van der Waals surface area contributed by atoms with Crippen LogP contribution in [0.1, 0.15) is 40.1 Å². The zero-order chi connectivity index (χ0) is 23.4. The van der Waals surface area contributed by atoms with Gasteiger partial charge in [0.2, 0.25) is 0 Å². The second-order valence-corrected chi connectivity index (χ2v) is 8.69. The van der Waals surface area contributed by atoms with Gasteiger partial charge < -0.3 is 25.2 Å². The van der Waals surface area contributed by atoms with E-state index in [9.17, 15) is 9.59 Å². The van der Waals surface area contributed by atoms with E-state index >= 15 is 0 Å². The zero-order valence-corrected chi connectivity index (χ0v) is 19.2. The number of nitrogens with zero attached hydrogens (tertiary/aromatic N) is 3. The molecule has 3 atom stereocenters. The van der Waals surface area contributed by atoms with Gasteiger partial charge in [-0.15, -0.1) is 0 Å². The van der Waals surface area contributed by atoms with Crippen molar-refractivity contribution in [2.45, 2.75) is 18.5 Å². The summed E-state index contributed by atoms with van der Waals surface area (Å²) in [4.78, 5) is 34.0. The number of carbonyl (C=O) groups is 2. The van der Waals surface area contributed by atoms with Crippen molar-refractivity contribution >= 4 is 17.7 Å². The fourth-order valence-electron chi connectivity index (χ4n) is 4.68. The van der Waals surface area contributed by atoms with Gasteiger partial charge in [-0.2, -0.15) is 0 Å². The molecule has 4 rings (SSSR count). The topological polar surface area (TPSA) is 86.8 Å². The van der Waals surface area contributed by atoms with E-state index in [1.54, 1.807) is 17.2 Å². The van der Waals surface area contributed by atoms with Crippen LogP contribution in [0.3, 0.4) is 0 Å². The molecule has 33 heavy (non-hydrogen) atoms.